The Kier molecular flexibility index (Phi) is 9.89. The normalized spacial score (nSPS) is 26.0. The Hall–Kier alpha value is -1.77. The van der Waals surface area contributed by atoms with E-state index in [-0.39, 0.29) is 11.8 Å². The number of allylic oxidation sites excluding steroid dienone is 6. The van der Waals surface area contributed by atoms with E-state index in [1.165, 1.54) is 75.3 Å². The maximum Gasteiger partial charge on any atom is 0.389 e. The summed E-state index contributed by atoms with van der Waals surface area (Å²) < 4.78 is 38.0. The average Bonchev–Trinajstić information content (AvgIpc) is 2.82. The Balaban J connectivity index is 1.62. The predicted octanol–water partition coefficient (Wildman–Crippen LogP) is 10.1. The van der Waals surface area contributed by atoms with Gasteiger partial charge in [-0.25, -0.2) is 0 Å². The number of unbranched alkanes of at least 4 members (excludes halogenated alkanes) is 4. The molecule has 0 heterocycles. The van der Waals surface area contributed by atoms with Gasteiger partial charge >= 0.3 is 6.18 Å². The van der Waals surface area contributed by atoms with E-state index in [0.29, 0.717) is 5.92 Å². The van der Waals surface area contributed by atoms with E-state index in [1.807, 2.05) is 18.2 Å². The van der Waals surface area contributed by atoms with Crippen molar-refractivity contribution >= 4 is 5.57 Å². The lowest BCUT2D eigenvalue weighted by molar-refractivity contribution is -0.133. The van der Waals surface area contributed by atoms with Crippen LogP contribution in [0.15, 0.2) is 60.7 Å². The van der Waals surface area contributed by atoms with Crippen molar-refractivity contribution in [2.75, 3.05) is 0 Å². The van der Waals surface area contributed by atoms with Crippen molar-refractivity contribution in [1.29, 1.82) is 0 Å². The molecule has 2 aliphatic carbocycles. The fourth-order valence-electron chi connectivity index (χ4n) is 5.65. The van der Waals surface area contributed by atoms with E-state index in [2.05, 4.69) is 43.4 Å². The summed E-state index contributed by atoms with van der Waals surface area (Å²) in [6.45, 7) is 2.26. The van der Waals surface area contributed by atoms with Gasteiger partial charge in [0.1, 0.15) is 0 Å². The molecule has 0 aliphatic heterocycles. The van der Waals surface area contributed by atoms with E-state index >= 15 is 0 Å². The van der Waals surface area contributed by atoms with Gasteiger partial charge in [0.25, 0.3) is 0 Å². The van der Waals surface area contributed by atoms with E-state index in [9.17, 15) is 13.2 Å². The lowest BCUT2D eigenvalue weighted by Crippen LogP contribution is -2.31. The zero-order valence-corrected chi connectivity index (χ0v) is 20.3. The third kappa shape index (κ3) is 8.19. The Morgan fingerprint density at radius 1 is 0.970 bits per heavy atom. The molecule has 1 saturated carbocycles. The number of benzene rings is 1. The van der Waals surface area contributed by atoms with Crippen molar-refractivity contribution < 1.29 is 13.2 Å². The molecule has 2 aliphatic rings. The molecule has 3 rings (SSSR count). The minimum Gasteiger partial charge on any atom is -0.171 e. The van der Waals surface area contributed by atoms with E-state index < -0.39 is 12.6 Å². The van der Waals surface area contributed by atoms with Gasteiger partial charge in [0, 0.05) is 11.8 Å². The highest BCUT2D eigenvalue weighted by molar-refractivity contribution is 5.75. The van der Waals surface area contributed by atoms with Crippen LogP contribution in [0.2, 0.25) is 0 Å². The van der Waals surface area contributed by atoms with Crippen LogP contribution in [0.3, 0.4) is 0 Å². The summed E-state index contributed by atoms with van der Waals surface area (Å²) in [6, 6.07) is 10.4. The molecule has 3 heteroatoms. The molecule has 0 spiro atoms. The minimum absolute atomic E-state index is 0.0709. The molecule has 1 unspecified atom stereocenters. The van der Waals surface area contributed by atoms with Gasteiger partial charge in [-0.15, -0.1) is 0 Å². The van der Waals surface area contributed by atoms with Crippen LogP contribution in [0.5, 0.6) is 0 Å². The number of rotatable bonds is 11. The summed E-state index contributed by atoms with van der Waals surface area (Å²) in [5.41, 5.74) is 2.28. The first-order chi connectivity index (χ1) is 15.9. The maximum atomic E-state index is 12.7. The number of alkyl halides is 3. The maximum absolute atomic E-state index is 12.7. The van der Waals surface area contributed by atoms with Gasteiger partial charge in [-0.1, -0.05) is 119 Å². The van der Waals surface area contributed by atoms with Crippen LogP contribution in [-0.4, -0.2) is 6.18 Å². The number of halogens is 3. The van der Waals surface area contributed by atoms with E-state index in [1.54, 1.807) is 6.08 Å². The molecule has 1 aromatic rings. The Bertz CT molecular complexity index is 779. The summed E-state index contributed by atoms with van der Waals surface area (Å²) >= 11 is 0. The van der Waals surface area contributed by atoms with Gasteiger partial charge in [0.05, 0.1) is 0 Å². The topological polar surface area (TPSA) is 0 Å². The molecule has 0 bridgehead atoms. The summed E-state index contributed by atoms with van der Waals surface area (Å²) in [7, 11) is 0. The smallest absolute Gasteiger partial charge is 0.171 e. The van der Waals surface area contributed by atoms with Crippen molar-refractivity contribution in [3.8, 4) is 0 Å². The standard InChI is InChI=1S/C30H41F3/c1-2-3-4-5-7-12-25-15-17-28(18-16-25)29(21-10-11-22-30(31,32)33)23-19-27(20-24-29)26-13-8-6-9-14-26/h6,8-10,13-14,19-21,23,25,28H,2-5,7,11-12,15-18,22,24H2,1H3/b21-10+. The first kappa shape index (κ1) is 25.8. The second-order valence-electron chi connectivity index (χ2n) is 10.2. The lowest BCUT2D eigenvalue weighted by Gasteiger charge is -2.42. The van der Waals surface area contributed by atoms with Crippen LogP contribution in [0.25, 0.3) is 5.57 Å². The summed E-state index contributed by atoms with van der Waals surface area (Å²) in [5.74, 6) is 1.35. The van der Waals surface area contributed by atoms with Crippen LogP contribution >= 0.6 is 0 Å². The van der Waals surface area contributed by atoms with Crippen molar-refractivity contribution in [2.24, 2.45) is 17.3 Å². The molecular weight excluding hydrogens is 417 g/mol. The SMILES string of the molecule is CCCCCCCC1CCC(C2(/C=C/CCC(F)(F)F)C=CC(c3ccccc3)=CC2)CC1. The molecule has 1 fully saturated rings. The first-order valence-corrected chi connectivity index (χ1v) is 13.1. The molecule has 0 saturated heterocycles. The Labute approximate surface area is 199 Å². The van der Waals surface area contributed by atoms with E-state index in [0.717, 1.165) is 12.3 Å². The monoisotopic (exact) mass is 458 g/mol. The highest BCUT2D eigenvalue weighted by atomic mass is 19.4. The average molecular weight is 459 g/mol. The summed E-state index contributed by atoms with van der Waals surface area (Å²) in [6.07, 6.45) is 19.8. The highest BCUT2D eigenvalue weighted by Gasteiger charge is 2.37. The Morgan fingerprint density at radius 2 is 1.70 bits per heavy atom. The second kappa shape index (κ2) is 12.6. The fraction of sp³-hybridized carbons (Fsp3) is 0.600. The lowest BCUT2D eigenvalue weighted by atomic mass is 9.63. The van der Waals surface area contributed by atoms with Crippen molar-refractivity contribution in [3.05, 3.63) is 66.3 Å². The first-order valence-electron chi connectivity index (χ1n) is 13.1. The third-order valence-electron chi connectivity index (χ3n) is 7.70. The van der Waals surface area contributed by atoms with Crippen LogP contribution in [-0.2, 0) is 0 Å². The second-order valence-corrected chi connectivity index (χ2v) is 10.2. The molecule has 0 radical (unpaired) electrons. The summed E-state index contributed by atoms with van der Waals surface area (Å²) in [5, 5.41) is 0. The predicted molar refractivity (Wildman–Crippen MR) is 134 cm³/mol. The Morgan fingerprint density at radius 3 is 2.33 bits per heavy atom. The molecule has 1 atom stereocenters. The van der Waals surface area contributed by atoms with Crippen molar-refractivity contribution in [3.63, 3.8) is 0 Å². The molecule has 0 aromatic heterocycles. The van der Waals surface area contributed by atoms with Crippen molar-refractivity contribution in [2.45, 2.75) is 96.6 Å². The molecular formula is C30H41F3. The van der Waals surface area contributed by atoms with Gasteiger partial charge < -0.3 is 0 Å². The van der Waals surface area contributed by atoms with Crippen LogP contribution in [0.4, 0.5) is 13.2 Å². The largest absolute Gasteiger partial charge is 0.389 e. The van der Waals surface area contributed by atoms with Gasteiger partial charge in [-0.2, -0.15) is 13.2 Å². The van der Waals surface area contributed by atoms with Gasteiger partial charge in [-0.05, 0) is 48.7 Å². The van der Waals surface area contributed by atoms with Crippen LogP contribution in [0, 0.1) is 17.3 Å². The highest BCUT2D eigenvalue weighted by Crippen LogP contribution is 2.48. The third-order valence-corrected chi connectivity index (χ3v) is 7.70. The number of hydrogen-bond donors (Lipinski definition) is 0. The zero-order chi connectivity index (χ0) is 23.6. The molecule has 0 nitrogen and oxygen atoms in total. The van der Waals surface area contributed by atoms with Gasteiger partial charge in [0.2, 0.25) is 0 Å². The van der Waals surface area contributed by atoms with E-state index in [4.69, 9.17) is 0 Å². The van der Waals surface area contributed by atoms with Gasteiger partial charge in [0.15, 0.2) is 0 Å². The molecule has 33 heavy (non-hydrogen) atoms. The molecule has 0 amide bonds. The molecule has 1 aromatic carbocycles. The zero-order valence-electron chi connectivity index (χ0n) is 20.3. The molecule has 182 valence electrons. The molecule has 0 N–H and O–H groups in total. The van der Waals surface area contributed by atoms with Crippen LogP contribution in [0.1, 0.15) is 96.0 Å². The fourth-order valence-corrected chi connectivity index (χ4v) is 5.65. The minimum atomic E-state index is -4.09. The van der Waals surface area contributed by atoms with Crippen molar-refractivity contribution in [1.82, 2.24) is 0 Å². The quantitative estimate of drug-likeness (QED) is 0.228. The number of hydrogen-bond acceptors (Lipinski definition) is 0. The van der Waals surface area contributed by atoms with Gasteiger partial charge in [-0.3, -0.25) is 0 Å². The van der Waals surface area contributed by atoms with Crippen LogP contribution < -0.4 is 0 Å². The summed E-state index contributed by atoms with van der Waals surface area (Å²) in [4.78, 5) is 0.